The number of hydrogen-bond acceptors (Lipinski definition) is 4. The van der Waals surface area contributed by atoms with Crippen LogP contribution in [0.1, 0.15) is 73.1 Å². The van der Waals surface area contributed by atoms with E-state index in [2.05, 4.69) is 32.9 Å². The topological polar surface area (TPSA) is 35.5 Å². The highest BCUT2D eigenvalue weighted by Gasteiger charge is 2.26. The molecular formula is C20H36O3S. The number of ether oxygens (including phenoxy) is 1. The van der Waals surface area contributed by atoms with Crippen molar-refractivity contribution >= 4 is 18.0 Å². The quantitative estimate of drug-likeness (QED) is 0.290. The van der Waals surface area contributed by atoms with Crippen LogP contribution in [-0.2, 0) is 13.7 Å². The Bertz CT molecular complexity index is 394. The maximum atomic E-state index is 11.5. The summed E-state index contributed by atoms with van der Waals surface area (Å²) < 4.78 is 10.6. The van der Waals surface area contributed by atoms with Crippen molar-refractivity contribution in [1.82, 2.24) is 0 Å². The molecule has 4 heteroatoms. The second-order valence-electron chi connectivity index (χ2n) is 5.96. The first kappa shape index (κ1) is 23.3. The van der Waals surface area contributed by atoms with E-state index in [1.807, 2.05) is 13.8 Å². The first-order chi connectivity index (χ1) is 11.6. The lowest BCUT2D eigenvalue weighted by atomic mass is 9.82. The second-order valence-corrected chi connectivity index (χ2v) is 6.89. The molecule has 1 rings (SSSR count). The van der Waals surface area contributed by atoms with E-state index in [9.17, 15) is 4.79 Å². The molecule has 0 aromatic rings. The Morgan fingerprint density at radius 3 is 2.21 bits per heavy atom. The zero-order chi connectivity index (χ0) is 18.4. The van der Waals surface area contributed by atoms with Gasteiger partial charge in [0.05, 0.1) is 19.6 Å². The Hall–Kier alpha value is -0.740. The van der Waals surface area contributed by atoms with Crippen molar-refractivity contribution in [3.05, 3.63) is 22.6 Å². The summed E-state index contributed by atoms with van der Waals surface area (Å²) in [6.45, 7) is 11.2. The second kappa shape index (κ2) is 14.6. The van der Waals surface area contributed by atoms with Gasteiger partial charge in [0.15, 0.2) is 0 Å². The molecule has 1 fully saturated rings. The molecular weight excluding hydrogens is 320 g/mol. The van der Waals surface area contributed by atoms with Gasteiger partial charge in [-0.3, -0.25) is 4.79 Å². The lowest BCUT2D eigenvalue weighted by Gasteiger charge is -2.26. The zero-order valence-electron chi connectivity index (χ0n) is 16.4. The van der Waals surface area contributed by atoms with E-state index in [1.54, 1.807) is 0 Å². The largest absolute Gasteiger partial charge is 0.469 e. The molecule has 0 saturated heterocycles. The third kappa shape index (κ3) is 9.53. The third-order valence-electron chi connectivity index (χ3n) is 4.31. The fourth-order valence-electron chi connectivity index (χ4n) is 2.50. The number of hydrogen-bond donors (Lipinski definition) is 0. The van der Waals surface area contributed by atoms with E-state index in [-0.39, 0.29) is 11.9 Å². The average molecular weight is 357 g/mol. The summed E-state index contributed by atoms with van der Waals surface area (Å²) in [5.74, 6) is 0.615. The first-order valence-corrected chi connectivity index (χ1v) is 10.1. The number of allylic oxidation sites excluding steroid dienone is 4. The predicted molar refractivity (Wildman–Crippen MR) is 105 cm³/mol. The molecule has 1 aliphatic carbocycles. The van der Waals surface area contributed by atoms with Crippen LogP contribution < -0.4 is 0 Å². The van der Waals surface area contributed by atoms with Crippen LogP contribution in [0.25, 0.3) is 0 Å². The average Bonchev–Trinajstić information content (AvgIpc) is 2.65. The summed E-state index contributed by atoms with van der Waals surface area (Å²) in [7, 11) is 1.47. The number of methoxy groups -OCH3 is 1. The third-order valence-corrected chi connectivity index (χ3v) is 5.20. The van der Waals surface area contributed by atoms with E-state index in [0.29, 0.717) is 5.92 Å². The van der Waals surface area contributed by atoms with Crippen molar-refractivity contribution in [3.63, 3.8) is 0 Å². The van der Waals surface area contributed by atoms with Crippen LogP contribution in [0, 0.1) is 11.8 Å². The fourth-order valence-corrected chi connectivity index (χ4v) is 3.15. The van der Waals surface area contributed by atoms with Crippen LogP contribution >= 0.6 is 12.0 Å². The SMILES string of the molecule is CC.CC/C(C)=C\C=C(/CC)SOCC1CCC(C(=O)OC)CC1. The predicted octanol–water partition coefficient (Wildman–Crippen LogP) is 6.31. The normalized spacial score (nSPS) is 21.8. The minimum absolute atomic E-state index is 0.0528. The van der Waals surface area contributed by atoms with Gasteiger partial charge in [-0.1, -0.05) is 45.4 Å². The molecule has 0 aliphatic heterocycles. The minimum Gasteiger partial charge on any atom is -0.469 e. The molecule has 0 bridgehead atoms. The Balaban J connectivity index is 0.00000254. The minimum atomic E-state index is -0.0528. The molecule has 0 radical (unpaired) electrons. The van der Waals surface area contributed by atoms with Gasteiger partial charge in [0.1, 0.15) is 0 Å². The van der Waals surface area contributed by atoms with Crippen LogP contribution in [0.3, 0.4) is 0 Å². The maximum absolute atomic E-state index is 11.5. The first-order valence-electron chi connectivity index (χ1n) is 9.34. The number of carbonyl (C=O) groups is 1. The van der Waals surface area contributed by atoms with E-state index in [4.69, 9.17) is 8.92 Å². The van der Waals surface area contributed by atoms with E-state index in [1.165, 1.54) is 29.6 Å². The fraction of sp³-hybridized carbons (Fsp3) is 0.750. The summed E-state index contributed by atoms with van der Waals surface area (Å²) in [5.41, 5.74) is 1.38. The van der Waals surface area contributed by atoms with Crippen LogP contribution in [0.15, 0.2) is 22.6 Å². The highest BCUT2D eigenvalue weighted by molar-refractivity contribution is 7.98. The van der Waals surface area contributed by atoms with Crippen LogP contribution in [0.4, 0.5) is 0 Å². The summed E-state index contributed by atoms with van der Waals surface area (Å²) in [6, 6.07) is 0. The molecule has 0 unspecified atom stereocenters. The molecule has 0 aromatic carbocycles. The molecule has 0 N–H and O–H groups in total. The highest BCUT2D eigenvalue weighted by Crippen LogP contribution is 2.31. The summed E-state index contributed by atoms with van der Waals surface area (Å²) in [6.07, 6.45) is 10.4. The molecule has 1 saturated carbocycles. The van der Waals surface area contributed by atoms with Gasteiger partial charge >= 0.3 is 5.97 Å². The lowest BCUT2D eigenvalue weighted by Crippen LogP contribution is -2.24. The molecule has 0 spiro atoms. The van der Waals surface area contributed by atoms with E-state index >= 15 is 0 Å². The van der Waals surface area contributed by atoms with E-state index in [0.717, 1.165) is 45.1 Å². The van der Waals surface area contributed by atoms with E-state index < -0.39 is 0 Å². The molecule has 0 atom stereocenters. The van der Waals surface area contributed by atoms with Crippen molar-refractivity contribution in [2.75, 3.05) is 13.7 Å². The number of esters is 1. The van der Waals surface area contributed by atoms with Gasteiger partial charge in [0.25, 0.3) is 0 Å². The van der Waals surface area contributed by atoms with Gasteiger partial charge in [-0.15, -0.1) is 0 Å². The van der Waals surface area contributed by atoms with Gasteiger partial charge in [0, 0.05) is 16.9 Å². The smallest absolute Gasteiger partial charge is 0.308 e. The Labute approximate surface area is 153 Å². The van der Waals surface area contributed by atoms with Crippen molar-refractivity contribution in [1.29, 1.82) is 0 Å². The maximum Gasteiger partial charge on any atom is 0.308 e. The van der Waals surface area contributed by atoms with Gasteiger partial charge in [-0.05, 0) is 51.4 Å². The number of rotatable bonds is 8. The van der Waals surface area contributed by atoms with Gasteiger partial charge in [-0.2, -0.15) is 0 Å². The van der Waals surface area contributed by atoms with Crippen molar-refractivity contribution < 1.29 is 13.7 Å². The van der Waals surface area contributed by atoms with Gasteiger partial charge in [-0.25, -0.2) is 0 Å². The molecule has 1 aliphatic rings. The monoisotopic (exact) mass is 356 g/mol. The summed E-state index contributed by atoms with van der Waals surface area (Å²) >= 11 is 1.50. The molecule has 3 nitrogen and oxygen atoms in total. The molecule has 24 heavy (non-hydrogen) atoms. The Morgan fingerprint density at radius 2 is 1.71 bits per heavy atom. The van der Waals surface area contributed by atoms with Crippen LogP contribution in [-0.4, -0.2) is 19.7 Å². The van der Waals surface area contributed by atoms with Gasteiger partial charge < -0.3 is 8.92 Å². The van der Waals surface area contributed by atoms with Crippen molar-refractivity contribution in [2.45, 2.75) is 73.1 Å². The van der Waals surface area contributed by atoms with Crippen molar-refractivity contribution in [2.24, 2.45) is 11.8 Å². The molecule has 0 amide bonds. The lowest BCUT2D eigenvalue weighted by molar-refractivity contribution is -0.146. The molecule has 0 heterocycles. The molecule has 140 valence electrons. The van der Waals surface area contributed by atoms with Crippen LogP contribution in [0.5, 0.6) is 0 Å². The van der Waals surface area contributed by atoms with Crippen LogP contribution in [0.2, 0.25) is 0 Å². The molecule has 0 aromatic heterocycles. The zero-order valence-corrected chi connectivity index (χ0v) is 17.2. The van der Waals surface area contributed by atoms with Gasteiger partial charge in [0.2, 0.25) is 0 Å². The number of carbonyl (C=O) groups excluding carboxylic acids is 1. The summed E-state index contributed by atoms with van der Waals surface area (Å²) in [5, 5.41) is 0. The standard InChI is InChI=1S/C18H30O3S.C2H6/c1-5-14(3)7-12-17(6-2)22-21-13-15-8-10-16(11-9-15)18(19)20-4;1-2/h7,12,15-16H,5-6,8-11,13H2,1-4H3;1-2H3/b14-7-,17-12+;. The van der Waals surface area contributed by atoms with Crippen molar-refractivity contribution in [3.8, 4) is 0 Å². The Kier molecular flexibility index (Phi) is 14.1. The summed E-state index contributed by atoms with van der Waals surface area (Å²) in [4.78, 5) is 12.8. The Morgan fingerprint density at radius 1 is 1.08 bits per heavy atom. The highest BCUT2D eigenvalue weighted by atomic mass is 32.2.